The third-order valence-electron chi connectivity index (χ3n) is 4.30. The van der Waals surface area contributed by atoms with Gasteiger partial charge in [0.05, 0.1) is 13.3 Å². The molecule has 3 aromatic rings. The summed E-state index contributed by atoms with van der Waals surface area (Å²) in [5.41, 5.74) is 4.48. The SMILES string of the molecule is COc1ccc(NC(=O)CC(=O)NN=Cc2ccc(OCc3ccc(F)cc3)cc2)cc1. The molecular formula is C24H22FN3O4. The van der Waals surface area contributed by atoms with E-state index in [9.17, 15) is 14.0 Å². The second kappa shape index (κ2) is 11.3. The number of hydrogen-bond acceptors (Lipinski definition) is 5. The van der Waals surface area contributed by atoms with Crippen LogP contribution < -0.4 is 20.2 Å². The molecule has 3 aromatic carbocycles. The molecule has 3 rings (SSSR count). The zero-order valence-electron chi connectivity index (χ0n) is 17.4. The summed E-state index contributed by atoms with van der Waals surface area (Å²) in [6, 6.07) is 19.9. The summed E-state index contributed by atoms with van der Waals surface area (Å²) in [5, 5.41) is 6.48. The van der Waals surface area contributed by atoms with Crippen molar-refractivity contribution in [3.8, 4) is 11.5 Å². The molecule has 0 aromatic heterocycles. The normalized spacial score (nSPS) is 10.6. The molecule has 0 unspecified atom stereocenters. The highest BCUT2D eigenvalue weighted by molar-refractivity contribution is 6.03. The first-order valence-corrected chi connectivity index (χ1v) is 9.75. The minimum Gasteiger partial charge on any atom is -0.497 e. The molecule has 0 heterocycles. The first kappa shape index (κ1) is 22.5. The number of hydrazone groups is 1. The molecule has 0 radical (unpaired) electrons. The molecule has 0 fully saturated rings. The van der Waals surface area contributed by atoms with Crippen LogP contribution in [0.1, 0.15) is 17.5 Å². The Balaban J connectivity index is 1.40. The second-order valence-corrected chi connectivity index (χ2v) is 6.73. The van der Waals surface area contributed by atoms with Crippen molar-refractivity contribution < 1.29 is 23.5 Å². The monoisotopic (exact) mass is 435 g/mol. The van der Waals surface area contributed by atoms with E-state index in [4.69, 9.17) is 9.47 Å². The van der Waals surface area contributed by atoms with E-state index in [1.54, 1.807) is 67.8 Å². The van der Waals surface area contributed by atoms with Crippen LogP contribution in [0.5, 0.6) is 11.5 Å². The van der Waals surface area contributed by atoms with Gasteiger partial charge >= 0.3 is 0 Å². The standard InChI is InChI=1S/C24H22FN3O4/c1-31-21-12-8-20(9-13-21)27-23(29)14-24(30)28-26-15-17-4-10-22(11-5-17)32-16-18-2-6-19(25)7-3-18/h2-13,15H,14,16H2,1H3,(H,27,29)(H,28,30). The fourth-order valence-electron chi connectivity index (χ4n) is 2.64. The van der Waals surface area contributed by atoms with Gasteiger partial charge in [-0.05, 0) is 71.8 Å². The Morgan fingerprint density at radius 1 is 0.906 bits per heavy atom. The van der Waals surface area contributed by atoms with E-state index in [0.717, 1.165) is 11.1 Å². The average molecular weight is 435 g/mol. The first-order chi connectivity index (χ1) is 15.5. The van der Waals surface area contributed by atoms with E-state index in [-0.39, 0.29) is 12.2 Å². The third kappa shape index (κ3) is 7.24. The van der Waals surface area contributed by atoms with Gasteiger partial charge in [0.1, 0.15) is 30.3 Å². The summed E-state index contributed by atoms with van der Waals surface area (Å²) in [7, 11) is 1.55. The van der Waals surface area contributed by atoms with Crippen molar-refractivity contribution >= 4 is 23.7 Å². The molecule has 0 aliphatic heterocycles. The number of benzene rings is 3. The highest BCUT2D eigenvalue weighted by Crippen LogP contribution is 2.15. The van der Waals surface area contributed by atoms with Gasteiger partial charge in [-0.25, -0.2) is 9.82 Å². The number of carbonyl (C=O) groups excluding carboxylic acids is 2. The van der Waals surface area contributed by atoms with Crippen LogP contribution in [0, 0.1) is 5.82 Å². The van der Waals surface area contributed by atoms with E-state index >= 15 is 0 Å². The van der Waals surface area contributed by atoms with Crippen molar-refractivity contribution in [3.63, 3.8) is 0 Å². The number of amides is 2. The Bertz CT molecular complexity index is 1070. The quantitative estimate of drug-likeness (QED) is 0.303. The van der Waals surface area contributed by atoms with Crippen LogP contribution in [0.15, 0.2) is 77.9 Å². The molecule has 164 valence electrons. The van der Waals surface area contributed by atoms with Crippen LogP contribution in [0.3, 0.4) is 0 Å². The number of anilines is 1. The number of ether oxygens (including phenoxy) is 2. The van der Waals surface area contributed by atoms with Gasteiger partial charge in [-0.2, -0.15) is 5.10 Å². The Labute approximate surface area is 184 Å². The van der Waals surface area contributed by atoms with Crippen molar-refractivity contribution in [2.45, 2.75) is 13.0 Å². The fraction of sp³-hybridized carbons (Fsp3) is 0.125. The molecule has 32 heavy (non-hydrogen) atoms. The number of halogens is 1. The van der Waals surface area contributed by atoms with Crippen molar-refractivity contribution in [1.82, 2.24) is 5.43 Å². The fourth-order valence-corrected chi connectivity index (χ4v) is 2.64. The lowest BCUT2D eigenvalue weighted by Crippen LogP contribution is -2.24. The molecule has 7 nitrogen and oxygen atoms in total. The number of hydrogen-bond donors (Lipinski definition) is 2. The van der Waals surface area contributed by atoms with E-state index in [2.05, 4.69) is 15.8 Å². The number of methoxy groups -OCH3 is 1. The Morgan fingerprint density at radius 3 is 2.22 bits per heavy atom. The van der Waals surface area contributed by atoms with Crippen molar-refractivity contribution in [2.75, 3.05) is 12.4 Å². The summed E-state index contributed by atoms with van der Waals surface area (Å²) in [6.45, 7) is 0.322. The topological polar surface area (TPSA) is 89.0 Å². The van der Waals surface area contributed by atoms with E-state index < -0.39 is 11.8 Å². The van der Waals surface area contributed by atoms with Crippen LogP contribution in [-0.4, -0.2) is 25.1 Å². The largest absolute Gasteiger partial charge is 0.497 e. The van der Waals surface area contributed by atoms with Crippen LogP contribution in [0.25, 0.3) is 0 Å². The van der Waals surface area contributed by atoms with Crippen molar-refractivity contribution in [3.05, 3.63) is 89.7 Å². The van der Waals surface area contributed by atoms with Gasteiger partial charge in [-0.1, -0.05) is 12.1 Å². The van der Waals surface area contributed by atoms with Gasteiger partial charge in [0, 0.05) is 5.69 Å². The number of rotatable bonds is 9. The number of nitrogens with one attached hydrogen (secondary N) is 2. The summed E-state index contributed by atoms with van der Waals surface area (Å²) in [6.07, 6.45) is 1.10. The predicted molar refractivity (Wildman–Crippen MR) is 119 cm³/mol. The highest BCUT2D eigenvalue weighted by atomic mass is 19.1. The van der Waals surface area contributed by atoms with Crippen molar-refractivity contribution in [2.24, 2.45) is 5.10 Å². The average Bonchev–Trinajstić information content (AvgIpc) is 2.80. The lowest BCUT2D eigenvalue weighted by molar-refractivity contribution is -0.126. The maximum atomic E-state index is 12.9. The van der Waals surface area contributed by atoms with Crippen LogP contribution in [0.4, 0.5) is 10.1 Å². The van der Waals surface area contributed by atoms with E-state index in [1.165, 1.54) is 18.3 Å². The van der Waals surface area contributed by atoms with Crippen molar-refractivity contribution in [1.29, 1.82) is 0 Å². The predicted octanol–water partition coefficient (Wildman–Crippen LogP) is 3.89. The summed E-state index contributed by atoms with van der Waals surface area (Å²) in [5.74, 6) is 0.0349. The Kier molecular flexibility index (Phi) is 7.91. The van der Waals surface area contributed by atoms with Crippen LogP contribution in [-0.2, 0) is 16.2 Å². The third-order valence-corrected chi connectivity index (χ3v) is 4.30. The zero-order chi connectivity index (χ0) is 22.8. The molecule has 0 aliphatic rings. The maximum absolute atomic E-state index is 12.9. The molecule has 0 spiro atoms. The minimum absolute atomic E-state index is 0.289. The molecule has 0 bridgehead atoms. The van der Waals surface area contributed by atoms with Gasteiger partial charge in [-0.3, -0.25) is 9.59 Å². The second-order valence-electron chi connectivity index (χ2n) is 6.73. The molecule has 0 saturated heterocycles. The minimum atomic E-state index is -0.536. The smallest absolute Gasteiger partial charge is 0.249 e. The molecule has 0 saturated carbocycles. The summed E-state index contributed by atoms with van der Waals surface area (Å²) < 4.78 is 23.6. The first-order valence-electron chi connectivity index (χ1n) is 9.75. The van der Waals surface area contributed by atoms with Crippen LogP contribution in [0.2, 0.25) is 0 Å². The molecule has 2 amide bonds. The van der Waals surface area contributed by atoms with E-state index in [1.807, 2.05) is 0 Å². The summed E-state index contributed by atoms with van der Waals surface area (Å²) in [4.78, 5) is 23.8. The van der Waals surface area contributed by atoms with Gasteiger partial charge in [0.25, 0.3) is 0 Å². The maximum Gasteiger partial charge on any atom is 0.249 e. The molecule has 0 aliphatic carbocycles. The molecular weight excluding hydrogens is 413 g/mol. The molecule has 2 N–H and O–H groups in total. The highest BCUT2D eigenvalue weighted by Gasteiger charge is 2.09. The lowest BCUT2D eigenvalue weighted by atomic mass is 10.2. The molecule has 0 atom stereocenters. The summed E-state index contributed by atoms with van der Waals surface area (Å²) >= 11 is 0. The van der Waals surface area contributed by atoms with Gasteiger partial charge in [-0.15, -0.1) is 0 Å². The van der Waals surface area contributed by atoms with Gasteiger partial charge in [0.2, 0.25) is 11.8 Å². The number of nitrogens with zero attached hydrogens (tertiary/aromatic N) is 1. The van der Waals surface area contributed by atoms with Gasteiger partial charge in [0.15, 0.2) is 0 Å². The zero-order valence-corrected chi connectivity index (χ0v) is 17.4. The molecule has 8 heteroatoms. The van der Waals surface area contributed by atoms with Crippen LogP contribution >= 0.6 is 0 Å². The van der Waals surface area contributed by atoms with Gasteiger partial charge < -0.3 is 14.8 Å². The number of carbonyl (C=O) groups is 2. The lowest BCUT2D eigenvalue weighted by Gasteiger charge is -2.06. The Morgan fingerprint density at radius 2 is 1.56 bits per heavy atom. The van der Waals surface area contributed by atoms with E-state index in [0.29, 0.717) is 23.8 Å². The Hall–Kier alpha value is -4.20.